The summed E-state index contributed by atoms with van der Waals surface area (Å²) in [6, 6.07) is 11.3. The van der Waals surface area contributed by atoms with Gasteiger partial charge in [0, 0.05) is 29.9 Å². The van der Waals surface area contributed by atoms with E-state index in [9.17, 15) is 0 Å². The SMILES string of the molecule is c1ccc2c(c1)Cc1nccc(-c3cnn(C4CCNCC4)c3)c1-2. The molecule has 0 saturated carbocycles. The van der Waals surface area contributed by atoms with Gasteiger partial charge in [0.05, 0.1) is 17.9 Å². The Bertz CT molecular complexity index is 890. The maximum Gasteiger partial charge on any atom is 0.0568 e. The van der Waals surface area contributed by atoms with Crippen molar-refractivity contribution in [2.45, 2.75) is 25.3 Å². The van der Waals surface area contributed by atoms with E-state index in [1.807, 2.05) is 12.4 Å². The van der Waals surface area contributed by atoms with Crippen LogP contribution >= 0.6 is 0 Å². The van der Waals surface area contributed by atoms with Gasteiger partial charge < -0.3 is 5.32 Å². The highest BCUT2D eigenvalue weighted by atomic mass is 15.3. The lowest BCUT2D eigenvalue weighted by Crippen LogP contribution is -2.29. The zero-order valence-corrected chi connectivity index (χ0v) is 13.6. The molecule has 1 aromatic carbocycles. The first kappa shape index (κ1) is 13.9. The normalized spacial score (nSPS) is 16.8. The van der Waals surface area contributed by atoms with E-state index in [1.165, 1.54) is 33.5 Å². The van der Waals surface area contributed by atoms with E-state index in [2.05, 4.69) is 56.6 Å². The van der Waals surface area contributed by atoms with Crippen LogP contribution in [0.1, 0.15) is 30.1 Å². The van der Waals surface area contributed by atoms with Crippen molar-refractivity contribution in [3.63, 3.8) is 0 Å². The number of fused-ring (bicyclic) bond motifs is 3. The zero-order chi connectivity index (χ0) is 15.9. The molecule has 3 aromatic rings. The van der Waals surface area contributed by atoms with Gasteiger partial charge in [-0.25, -0.2) is 0 Å². The maximum absolute atomic E-state index is 4.67. The quantitative estimate of drug-likeness (QED) is 0.616. The number of hydrogen-bond acceptors (Lipinski definition) is 3. The van der Waals surface area contributed by atoms with Gasteiger partial charge in [-0.15, -0.1) is 0 Å². The Morgan fingerprint density at radius 1 is 1.04 bits per heavy atom. The van der Waals surface area contributed by atoms with Crippen LogP contribution < -0.4 is 5.32 Å². The lowest BCUT2D eigenvalue weighted by molar-refractivity contribution is 0.343. The van der Waals surface area contributed by atoms with Gasteiger partial charge in [-0.3, -0.25) is 9.67 Å². The minimum atomic E-state index is 0.516. The van der Waals surface area contributed by atoms with E-state index in [1.54, 1.807) is 0 Å². The monoisotopic (exact) mass is 316 g/mol. The number of benzene rings is 1. The summed E-state index contributed by atoms with van der Waals surface area (Å²) < 4.78 is 2.16. The first-order valence-electron chi connectivity index (χ1n) is 8.71. The Hall–Kier alpha value is -2.46. The van der Waals surface area contributed by atoms with E-state index >= 15 is 0 Å². The lowest BCUT2D eigenvalue weighted by Gasteiger charge is -2.22. The molecular formula is C20H20N4. The first-order chi connectivity index (χ1) is 11.9. The van der Waals surface area contributed by atoms with Crippen LogP contribution in [0.15, 0.2) is 48.9 Å². The zero-order valence-electron chi connectivity index (χ0n) is 13.6. The molecule has 0 amide bonds. The van der Waals surface area contributed by atoms with Crippen molar-refractivity contribution in [1.82, 2.24) is 20.1 Å². The molecule has 1 aliphatic heterocycles. The second kappa shape index (κ2) is 5.56. The second-order valence-electron chi connectivity index (χ2n) is 6.70. The molecule has 1 N–H and O–H groups in total. The summed E-state index contributed by atoms with van der Waals surface area (Å²) in [5, 5.41) is 8.08. The summed E-state index contributed by atoms with van der Waals surface area (Å²) in [6.45, 7) is 2.16. The third-order valence-corrected chi connectivity index (χ3v) is 5.27. The van der Waals surface area contributed by atoms with Gasteiger partial charge in [0.1, 0.15) is 0 Å². The molecule has 0 bridgehead atoms. The van der Waals surface area contributed by atoms with Gasteiger partial charge in [-0.1, -0.05) is 24.3 Å². The minimum absolute atomic E-state index is 0.516. The molecule has 5 rings (SSSR count). The Kier molecular flexibility index (Phi) is 3.23. The molecule has 1 saturated heterocycles. The minimum Gasteiger partial charge on any atom is -0.317 e. The molecule has 2 aliphatic rings. The molecule has 4 heteroatoms. The number of rotatable bonds is 2. The summed E-state index contributed by atoms with van der Waals surface area (Å²) in [7, 11) is 0. The van der Waals surface area contributed by atoms with Crippen LogP contribution in [0.5, 0.6) is 0 Å². The van der Waals surface area contributed by atoms with E-state index < -0.39 is 0 Å². The molecule has 0 radical (unpaired) electrons. The van der Waals surface area contributed by atoms with Gasteiger partial charge in [0.25, 0.3) is 0 Å². The van der Waals surface area contributed by atoms with Crippen LogP contribution in [0.25, 0.3) is 22.3 Å². The highest BCUT2D eigenvalue weighted by Gasteiger charge is 2.24. The van der Waals surface area contributed by atoms with E-state index in [0.29, 0.717) is 6.04 Å². The van der Waals surface area contributed by atoms with Gasteiger partial charge in [-0.05, 0) is 48.7 Å². The molecule has 1 fully saturated rings. The predicted molar refractivity (Wildman–Crippen MR) is 94.8 cm³/mol. The molecule has 2 aromatic heterocycles. The molecule has 0 unspecified atom stereocenters. The Morgan fingerprint density at radius 2 is 1.92 bits per heavy atom. The van der Waals surface area contributed by atoms with Crippen molar-refractivity contribution >= 4 is 0 Å². The van der Waals surface area contributed by atoms with Crippen molar-refractivity contribution in [1.29, 1.82) is 0 Å². The Labute approximate surface area is 141 Å². The summed E-state index contributed by atoms with van der Waals surface area (Å²) in [4.78, 5) is 4.62. The van der Waals surface area contributed by atoms with E-state index in [0.717, 1.165) is 32.4 Å². The molecule has 0 spiro atoms. The number of hydrogen-bond donors (Lipinski definition) is 1. The number of piperidine rings is 1. The Balaban J connectivity index is 1.58. The van der Waals surface area contributed by atoms with Crippen LogP contribution in [0.3, 0.4) is 0 Å². The van der Waals surface area contributed by atoms with Gasteiger partial charge in [0.15, 0.2) is 0 Å². The van der Waals surface area contributed by atoms with Gasteiger partial charge >= 0.3 is 0 Å². The summed E-state index contributed by atoms with van der Waals surface area (Å²) >= 11 is 0. The van der Waals surface area contributed by atoms with Crippen LogP contribution in [0.4, 0.5) is 0 Å². The molecule has 4 nitrogen and oxygen atoms in total. The van der Waals surface area contributed by atoms with Crippen LogP contribution in [0, 0.1) is 0 Å². The fourth-order valence-electron chi connectivity index (χ4n) is 4.03. The fraction of sp³-hybridized carbons (Fsp3) is 0.300. The fourth-order valence-corrected chi connectivity index (χ4v) is 4.03. The molecular weight excluding hydrogens is 296 g/mol. The summed E-state index contributed by atoms with van der Waals surface area (Å²) in [5.41, 5.74) is 7.62. The highest BCUT2D eigenvalue weighted by Crippen LogP contribution is 2.41. The Morgan fingerprint density at radius 3 is 2.83 bits per heavy atom. The average Bonchev–Trinajstić information content (AvgIpc) is 3.27. The molecule has 0 atom stereocenters. The lowest BCUT2D eigenvalue weighted by atomic mass is 9.98. The summed E-state index contributed by atoms with van der Waals surface area (Å²) in [5.74, 6) is 0. The van der Waals surface area contributed by atoms with E-state index in [4.69, 9.17) is 0 Å². The largest absolute Gasteiger partial charge is 0.317 e. The van der Waals surface area contributed by atoms with Crippen LogP contribution in [-0.4, -0.2) is 27.9 Å². The van der Waals surface area contributed by atoms with E-state index in [-0.39, 0.29) is 0 Å². The van der Waals surface area contributed by atoms with Crippen molar-refractivity contribution < 1.29 is 0 Å². The second-order valence-corrected chi connectivity index (χ2v) is 6.70. The van der Waals surface area contributed by atoms with Crippen molar-refractivity contribution in [2.75, 3.05) is 13.1 Å². The van der Waals surface area contributed by atoms with Gasteiger partial charge in [-0.2, -0.15) is 5.10 Å². The first-order valence-corrected chi connectivity index (χ1v) is 8.71. The molecule has 24 heavy (non-hydrogen) atoms. The predicted octanol–water partition coefficient (Wildman–Crippen LogP) is 3.44. The average molecular weight is 316 g/mol. The topological polar surface area (TPSA) is 42.7 Å². The molecule has 1 aliphatic carbocycles. The standard InChI is InChI=1S/C20H20N4/c1-2-4-17-14(3-1)11-19-20(17)18(7-10-22-19)15-12-23-24(13-15)16-5-8-21-9-6-16/h1-4,7,10,12-13,16,21H,5-6,8-9,11H2. The number of nitrogens with one attached hydrogen (secondary N) is 1. The summed E-state index contributed by atoms with van der Waals surface area (Å²) in [6.07, 6.45) is 9.39. The number of nitrogens with zero attached hydrogens (tertiary/aromatic N) is 3. The smallest absolute Gasteiger partial charge is 0.0568 e. The third kappa shape index (κ3) is 2.18. The molecule has 3 heterocycles. The van der Waals surface area contributed by atoms with Crippen molar-refractivity contribution in [3.8, 4) is 22.3 Å². The van der Waals surface area contributed by atoms with Crippen LogP contribution in [0.2, 0.25) is 0 Å². The van der Waals surface area contributed by atoms with Crippen molar-refractivity contribution in [2.24, 2.45) is 0 Å². The maximum atomic E-state index is 4.67. The number of pyridine rings is 1. The molecule has 120 valence electrons. The van der Waals surface area contributed by atoms with Crippen LogP contribution in [-0.2, 0) is 6.42 Å². The highest BCUT2D eigenvalue weighted by molar-refractivity contribution is 5.88. The van der Waals surface area contributed by atoms with Crippen molar-refractivity contribution in [3.05, 3.63) is 60.2 Å². The van der Waals surface area contributed by atoms with Gasteiger partial charge in [0.2, 0.25) is 0 Å². The third-order valence-electron chi connectivity index (χ3n) is 5.27. The number of aromatic nitrogens is 3.